The van der Waals surface area contributed by atoms with E-state index >= 15 is 0 Å². The average molecular weight is 344 g/mol. The van der Waals surface area contributed by atoms with E-state index < -0.39 is 5.91 Å². The number of morpholine rings is 1. The molecule has 1 aromatic heterocycles. The number of amides is 1. The number of rotatable bonds is 6. The van der Waals surface area contributed by atoms with Gasteiger partial charge in [-0.2, -0.15) is 0 Å². The summed E-state index contributed by atoms with van der Waals surface area (Å²) in [4.78, 5) is 26.6. The quantitative estimate of drug-likeness (QED) is 0.816. The van der Waals surface area contributed by atoms with Gasteiger partial charge in [-0.15, -0.1) is 11.3 Å². The molecule has 1 aliphatic rings. The van der Waals surface area contributed by atoms with Gasteiger partial charge in [0.25, 0.3) is 0 Å². The summed E-state index contributed by atoms with van der Waals surface area (Å²) in [5.74, 6) is -0.262. The summed E-state index contributed by atoms with van der Waals surface area (Å²) in [7, 11) is 0. The van der Waals surface area contributed by atoms with Gasteiger partial charge in [0, 0.05) is 31.1 Å². The molecule has 0 aliphatic carbocycles. The number of ketones is 1. The number of thiophene rings is 1. The summed E-state index contributed by atoms with van der Waals surface area (Å²) in [6, 6.07) is 11.1. The van der Waals surface area contributed by atoms with Gasteiger partial charge in [-0.25, -0.2) is 0 Å². The van der Waals surface area contributed by atoms with Crippen LogP contribution in [0.15, 0.2) is 41.8 Å². The van der Waals surface area contributed by atoms with Crippen LogP contribution in [0.5, 0.6) is 0 Å². The predicted molar refractivity (Wildman–Crippen MR) is 93.2 cm³/mol. The molecule has 126 valence electrons. The number of hydrogen-bond donors (Lipinski definition) is 1. The number of carbonyl (C=O) groups excluding carboxylic acids is 2. The van der Waals surface area contributed by atoms with Crippen LogP contribution >= 0.6 is 11.3 Å². The van der Waals surface area contributed by atoms with Crippen molar-refractivity contribution in [1.29, 1.82) is 0 Å². The summed E-state index contributed by atoms with van der Waals surface area (Å²) in [5.41, 5.74) is 6.87. The summed E-state index contributed by atoms with van der Waals surface area (Å²) in [5, 5.41) is 1.92. The Morgan fingerprint density at radius 1 is 1.25 bits per heavy atom. The second-order valence-corrected chi connectivity index (χ2v) is 6.81. The first kappa shape index (κ1) is 16.8. The fourth-order valence-electron chi connectivity index (χ4n) is 2.85. The van der Waals surface area contributed by atoms with Crippen LogP contribution in [0.4, 0.5) is 0 Å². The van der Waals surface area contributed by atoms with Gasteiger partial charge in [-0.3, -0.25) is 14.5 Å². The van der Waals surface area contributed by atoms with Crippen LogP contribution in [0.3, 0.4) is 0 Å². The van der Waals surface area contributed by atoms with Crippen molar-refractivity contribution < 1.29 is 14.3 Å². The first-order valence-corrected chi connectivity index (χ1v) is 8.78. The van der Waals surface area contributed by atoms with Crippen molar-refractivity contribution in [1.82, 2.24) is 4.90 Å². The molecular weight excluding hydrogens is 324 g/mol. The maximum Gasteiger partial charge on any atom is 0.248 e. The van der Waals surface area contributed by atoms with Crippen LogP contribution in [-0.2, 0) is 11.3 Å². The molecule has 0 saturated carbocycles. The molecule has 0 radical (unpaired) electrons. The molecule has 6 heteroatoms. The number of carbonyl (C=O) groups is 2. The maximum absolute atomic E-state index is 12.4. The molecular formula is C18H20N2O3S. The molecule has 3 rings (SSSR count). The molecule has 2 N–H and O–H groups in total. The highest BCUT2D eigenvalue weighted by Crippen LogP contribution is 2.19. The average Bonchev–Trinajstić information content (AvgIpc) is 3.12. The Morgan fingerprint density at radius 3 is 2.71 bits per heavy atom. The van der Waals surface area contributed by atoms with Gasteiger partial charge in [0.05, 0.1) is 18.1 Å². The van der Waals surface area contributed by atoms with Gasteiger partial charge in [0.2, 0.25) is 5.91 Å². The SMILES string of the molecule is NC(=O)c1ccc(CN2CCOC[C@H]2CC(=O)c2cccs2)cc1. The summed E-state index contributed by atoms with van der Waals surface area (Å²) in [6.07, 6.45) is 0.458. The standard InChI is InChI=1S/C18H20N2O3S/c19-18(22)14-5-3-13(4-6-14)11-20-7-8-23-12-15(20)10-16(21)17-2-1-9-24-17/h1-6,9,15H,7-8,10-12H2,(H2,19,22)/t15-/m1/s1. The van der Waals surface area contributed by atoms with Crippen molar-refractivity contribution in [2.75, 3.05) is 19.8 Å². The van der Waals surface area contributed by atoms with Crippen molar-refractivity contribution >= 4 is 23.0 Å². The smallest absolute Gasteiger partial charge is 0.248 e. The highest BCUT2D eigenvalue weighted by molar-refractivity contribution is 7.12. The third kappa shape index (κ3) is 4.08. The molecule has 24 heavy (non-hydrogen) atoms. The molecule has 0 bridgehead atoms. The second-order valence-electron chi connectivity index (χ2n) is 5.86. The molecule has 0 spiro atoms. The molecule has 2 aromatic rings. The number of hydrogen-bond acceptors (Lipinski definition) is 5. The van der Waals surface area contributed by atoms with E-state index in [1.807, 2.05) is 29.6 Å². The molecule has 1 saturated heterocycles. The highest BCUT2D eigenvalue weighted by atomic mass is 32.1. The molecule has 1 aromatic carbocycles. The zero-order chi connectivity index (χ0) is 16.9. The first-order chi connectivity index (χ1) is 11.6. The summed E-state index contributed by atoms with van der Waals surface area (Å²) in [6.45, 7) is 2.75. The third-order valence-corrected chi connectivity index (χ3v) is 5.10. The number of benzene rings is 1. The first-order valence-electron chi connectivity index (χ1n) is 7.91. The zero-order valence-electron chi connectivity index (χ0n) is 13.3. The maximum atomic E-state index is 12.4. The Hall–Kier alpha value is -2.02. The minimum atomic E-state index is -0.424. The Morgan fingerprint density at radius 2 is 2.04 bits per heavy atom. The fourth-order valence-corrected chi connectivity index (χ4v) is 3.52. The Balaban J connectivity index is 1.65. The molecule has 5 nitrogen and oxygen atoms in total. The summed E-state index contributed by atoms with van der Waals surface area (Å²) < 4.78 is 5.57. The van der Waals surface area contributed by atoms with Gasteiger partial charge in [-0.1, -0.05) is 18.2 Å². The van der Waals surface area contributed by atoms with Gasteiger partial charge >= 0.3 is 0 Å². The molecule has 0 unspecified atom stereocenters. The Kier molecular flexibility index (Phi) is 5.40. The lowest BCUT2D eigenvalue weighted by Crippen LogP contribution is -2.45. The lowest BCUT2D eigenvalue weighted by Gasteiger charge is -2.35. The summed E-state index contributed by atoms with van der Waals surface area (Å²) >= 11 is 1.48. The third-order valence-electron chi connectivity index (χ3n) is 4.19. The van der Waals surface area contributed by atoms with Crippen LogP contribution in [-0.4, -0.2) is 42.4 Å². The van der Waals surface area contributed by atoms with E-state index in [-0.39, 0.29) is 11.8 Å². The topological polar surface area (TPSA) is 72.6 Å². The van der Waals surface area contributed by atoms with E-state index in [0.717, 1.165) is 23.5 Å². The van der Waals surface area contributed by atoms with Crippen LogP contribution in [0.2, 0.25) is 0 Å². The zero-order valence-corrected chi connectivity index (χ0v) is 14.1. The monoisotopic (exact) mass is 344 g/mol. The van der Waals surface area contributed by atoms with Crippen LogP contribution in [0.1, 0.15) is 32.0 Å². The van der Waals surface area contributed by atoms with Crippen molar-refractivity contribution in [2.24, 2.45) is 5.73 Å². The van der Waals surface area contributed by atoms with Gasteiger partial charge in [-0.05, 0) is 29.1 Å². The van der Waals surface area contributed by atoms with Crippen molar-refractivity contribution in [2.45, 2.75) is 19.0 Å². The molecule has 1 amide bonds. The number of ether oxygens (including phenoxy) is 1. The van der Waals surface area contributed by atoms with E-state index in [0.29, 0.717) is 25.2 Å². The van der Waals surface area contributed by atoms with Gasteiger partial charge in [0.15, 0.2) is 5.78 Å². The largest absolute Gasteiger partial charge is 0.378 e. The van der Waals surface area contributed by atoms with E-state index in [9.17, 15) is 9.59 Å². The van der Waals surface area contributed by atoms with Crippen molar-refractivity contribution in [3.63, 3.8) is 0 Å². The second kappa shape index (κ2) is 7.70. The van der Waals surface area contributed by atoms with E-state index in [2.05, 4.69) is 4.90 Å². The minimum absolute atomic E-state index is 0.0733. The van der Waals surface area contributed by atoms with Crippen LogP contribution in [0.25, 0.3) is 0 Å². The predicted octanol–water partition coefficient (Wildman–Crippen LogP) is 2.32. The van der Waals surface area contributed by atoms with Gasteiger partial charge < -0.3 is 10.5 Å². The highest BCUT2D eigenvalue weighted by Gasteiger charge is 2.26. The van der Waals surface area contributed by atoms with Gasteiger partial charge in [0.1, 0.15) is 0 Å². The lowest BCUT2D eigenvalue weighted by atomic mass is 10.1. The van der Waals surface area contributed by atoms with Crippen LogP contribution in [0, 0.1) is 0 Å². The van der Waals surface area contributed by atoms with E-state index in [1.54, 1.807) is 12.1 Å². The number of primary amides is 1. The normalized spacial score (nSPS) is 18.4. The molecule has 1 aliphatic heterocycles. The van der Waals surface area contributed by atoms with E-state index in [4.69, 9.17) is 10.5 Å². The lowest BCUT2D eigenvalue weighted by molar-refractivity contribution is -0.0125. The number of nitrogens with zero attached hydrogens (tertiary/aromatic N) is 1. The van der Waals surface area contributed by atoms with E-state index in [1.165, 1.54) is 11.3 Å². The van der Waals surface area contributed by atoms with Crippen molar-refractivity contribution in [3.8, 4) is 0 Å². The molecule has 1 atom stereocenters. The minimum Gasteiger partial charge on any atom is -0.378 e. The Labute approximate surface area is 145 Å². The molecule has 1 fully saturated rings. The number of nitrogens with two attached hydrogens (primary N) is 1. The Bertz CT molecular complexity index is 698. The fraction of sp³-hybridized carbons (Fsp3) is 0.333. The number of Topliss-reactive ketones (excluding diaryl/α,β-unsaturated/α-hetero) is 1. The molecule has 2 heterocycles. The van der Waals surface area contributed by atoms with Crippen molar-refractivity contribution in [3.05, 3.63) is 57.8 Å². The van der Waals surface area contributed by atoms with Crippen LogP contribution < -0.4 is 5.73 Å².